The van der Waals surface area contributed by atoms with Crippen LogP contribution < -0.4 is 5.32 Å². The number of likely N-dealkylation sites (tertiary alicyclic amines) is 1. The number of nitrogens with zero attached hydrogens (tertiary/aromatic N) is 2. The highest BCUT2D eigenvalue weighted by Gasteiger charge is 2.26. The normalized spacial score (nSPS) is 23.5. The molecule has 1 unspecified atom stereocenters. The van der Waals surface area contributed by atoms with E-state index in [-0.39, 0.29) is 17.5 Å². The maximum Gasteiger partial charge on any atom is 0.317 e. The van der Waals surface area contributed by atoms with E-state index < -0.39 is 9.84 Å². The quantitative estimate of drug-likeness (QED) is 0.855. The molecule has 2 fully saturated rings. The molecule has 1 N–H and O–H groups in total. The fraction of sp³-hybridized carbons (Fsp3) is 0.611. The molecule has 6 nitrogen and oxygen atoms in total. The van der Waals surface area contributed by atoms with Gasteiger partial charge in [0.1, 0.15) is 0 Å². The highest BCUT2D eigenvalue weighted by molar-refractivity contribution is 7.91. The highest BCUT2D eigenvalue weighted by Crippen LogP contribution is 2.21. The first-order chi connectivity index (χ1) is 12.0. The van der Waals surface area contributed by atoms with Crippen molar-refractivity contribution in [1.82, 2.24) is 15.1 Å². The minimum atomic E-state index is -2.94. The predicted molar refractivity (Wildman–Crippen MR) is 98.1 cm³/mol. The molecule has 2 aliphatic rings. The molecule has 0 aromatic heterocycles. The Kier molecular flexibility index (Phi) is 5.96. The second-order valence-electron chi connectivity index (χ2n) is 7.03. The van der Waals surface area contributed by atoms with E-state index in [9.17, 15) is 13.2 Å². The number of benzene rings is 1. The van der Waals surface area contributed by atoms with Crippen LogP contribution in [-0.4, -0.2) is 68.5 Å². The summed E-state index contributed by atoms with van der Waals surface area (Å²) in [7, 11) is -2.94. The van der Waals surface area contributed by atoms with Crippen LogP contribution in [0.3, 0.4) is 0 Å². The van der Waals surface area contributed by atoms with Crippen LogP contribution in [0.25, 0.3) is 0 Å². The van der Waals surface area contributed by atoms with Gasteiger partial charge in [0, 0.05) is 32.7 Å². The van der Waals surface area contributed by atoms with Crippen molar-refractivity contribution in [2.24, 2.45) is 5.92 Å². The second-order valence-corrected chi connectivity index (χ2v) is 9.34. The molecule has 2 saturated heterocycles. The Hall–Kier alpha value is -1.60. The van der Waals surface area contributed by atoms with E-state index in [1.807, 2.05) is 6.07 Å². The summed E-state index contributed by atoms with van der Waals surface area (Å²) < 4.78 is 22.8. The number of urea groups is 1. The zero-order chi connectivity index (χ0) is 17.7. The maximum atomic E-state index is 12.1. The first-order valence-electron chi connectivity index (χ1n) is 9.01. The highest BCUT2D eigenvalue weighted by atomic mass is 32.2. The Morgan fingerprint density at radius 1 is 1.12 bits per heavy atom. The SMILES string of the molecule is O=C(NCCC1CCN(Cc2ccccc2)C1)N1CCS(=O)(=O)CC1. The lowest BCUT2D eigenvalue weighted by atomic mass is 10.1. The summed E-state index contributed by atoms with van der Waals surface area (Å²) in [6.07, 6.45) is 2.15. The molecular weight excluding hydrogens is 338 g/mol. The lowest BCUT2D eigenvalue weighted by molar-refractivity contribution is 0.201. The summed E-state index contributed by atoms with van der Waals surface area (Å²) in [4.78, 5) is 16.2. The van der Waals surface area contributed by atoms with Gasteiger partial charge in [0.2, 0.25) is 0 Å². The second kappa shape index (κ2) is 8.19. The fourth-order valence-electron chi connectivity index (χ4n) is 3.54. The van der Waals surface area contributed by atoms with Crippen LogP contribution in [0.4, 0.5) is 4.79 Å². The van der Waals surface area contributed by atoms with Crippen LogP contribution in [0.15, 0.2) is 30.3 Å². The van der Waals surface area contributed by atoms with Gasteiger partial charge in [-0.25, -0.2) is 13.2 Å². The standard InChI is InChI=1S/C18H27N3O3S/c22-18(21-10-12-25(23,24)13-11-21)19-8-6-17-7-9-20(15-17)14-16-4-2-1-3-5-16/h1-5,17H,6-15H2,(H,19,22). The minimum absolute atomic E-state index is 0.0808. The van der Waals surface area contributed by atoms with Crippen molar-refractivity contribution >= 4 is 15.9 Å². The first-order valence-corrected chi connectivity index (χ1v) is 10.8. The Bertz CT molecular complexity index is 664. The van der Waals surface area contributed by atoms with Crippen LogP contribution in [0.5, 0.6) is 0 Å². The maximum absolute atomic E-state index is 12.1. The van der Waals surface area contributed by atoms with Crippen molar-refractivity contribution < 1.29 is 13.2 Å². The molecule has 0 bridgehead atoms. The fourth-order valence-corrected chi connectivity index (χ4v) is 4.75. The van der Waals surface area contributed by atoms with Crippen LogP contribution in [0, 0.1) is 5.92 Å². The van der Waals surface area contributed by atoms with Crippen molar-refractivity contribution in [3.05, 3.63) is 35.9 Å². The van der Waals surface area contributed by atoms with Gasteiger partial charge in [-0.15, -0.1) is 0 Å². The average Bonchev–Trinajstić information content (AvgIpc) is 3.03. The van der Waals surface area contributed by atoms with Crippen LogP contribution in [-0.2, 0) is 16.4 Å². The molecule has 3 rings (SSSR count). The molecule has 2 amide bonds. The summed E-state index contributed by atoms with van der Waals surface area (Å²) in [6, 6.07) is 10.4. The molecule has 25 heavy (non-hydrogen) atoms. The van der Waals surface area contributed by atoms with Crippen LogP contribution in [0.1, 0.15) is 18.4 Å². The largest absolute Gasteiger partial charge is 0.338 e. The van der Waals surface area contributed by atoms with Gasteiger partial charge in [0.25, 0.3) is 0 Å². The smallest absolute Gasteiger partial charge is 0.317 e. The van der Waals surface area contributed by atoms with E-state index in [0.717, 1.165) is 26.1 Å². The van der Waals surface area contributed by atoms with E-state index in [0.29, 0.717) is 25.6 Å². The zero-order valence-electron chi connectivity index (χ0n) is 14.6. The molecule has 2 aliphatic heterocycles. The van der Waals surface area contributed by atoms with Gasteiger partial charge < -0.3 is 10.2 Å². The molecule has 1 aromatic rings. The van der Waals surface area contributed by atoms with Gasteiger partial charge in [0.05, 0.1) is 11.5 Å². The van der Waals surface area contributed by atoms with Crippen molar-refractivity contribution in [2.45, 2.75) is 19.4 Å². The first kappa shape index (κ1) is 18.2. The third kappa shape index (κ3) is 5.44. The predicted octanol–water partition coefficient (Wildman–Crippen LogP) is 1.34. The molecule has 2 heterocycles. The monoisotopic (exact) mass is 365 g/mol. The Morgan fingerprint density at radius 2 is 1.84 bits per heavy atom. The van der Waals surface area contributed by atoms with Crippen LogP contribution >= 0.6 is 0 Å². The minimum Gasteiger partial charge on any atom is -0.338 e. The van der Waals surface area contributed by atoms with E-state index >= 15 is 0 Å². The third-order valence-electron chi connectivity index (χ3n) is 5.08. The molecular formula is C18H27N3O3S. The molecule has 0 spiro atoms. The summed E-state index contributed by atoms with van der Waals surface area (Å²) in [5.74, 6) is 0.778. The van der Waals surface area contributed by atoms with Gasteiger partial charge in [0.15, 0.2) is 9.84 Å². The van der Waals surface area contributed by atoms with E-state index in [1.165, 1.54) is 12.0 Å². The van der Waals surface area contributed by atoms with Gasteiger partial charge in [-0.05, 0) is 30.9 Å². The molecule has 0 saturated carbocycles. The Morgan fingerprint density at radius 3 is 2.56 bits per heavy atom. The van der Waals surface area contributed by atoms with E-state index in [2.05, 4.69) is 34.5 Å². The van der Waals surface area contributed by atoms with Gasteiger partial charge in [-0.1, -0.05) is 30.3 Å². The van der Waals surface area contributed by atoms with Crippen molar-refractivity contribution in [3.8, 4) is 0 Å². The summed E-state index contributed by atoms with van der Waals surface area (Å²) in [5, 5.41) is 2.94. The lowest BCUT2D eigenvalue weighted by Crippen LogP contribution is -2.48. The van der Waals surface area contributed by atoms with Crippen molar-refractivity contribution in [1.29, 1.82) is 0 Å². The molecule has 138 valence electrons. The number of nitrogens with one attached hydrogen (secondary N) is 1. The summed E-state index contributed by atoms with van der Waals surface area (Å²) in [6.45, 7) is 4.45. The number of carbonyl (C=O) groups excluding carboxylic acids is 1. The van der Waals surface area contributed by atoms with Crippen molar-refractivity contribution in [3.63, 3.8) is 0 Å². The van der Waals surface area contributed by atoms with Gasteiger partial charge in [-0.2, -0.15) is 0 Å². The number of rotatable bonds is 5. The summed E-state index contributed by atoms with van der Waals surface area (Å²) >= 11 is 0. The molecule has 0 aliphatic carbocycles. The number of hydrogen-bond donors (Lipinski definition) is 1. The average molecular weight is 365 g/mol. The molecule has 1 aromatic carbocycles. The zero-order valence-corrected chi connectivity index (χ0v) is 15.4. The lowest BCUT2D eigenvalue weighted by Gasteiger charge is -2.27. The molecule has 0 radical (unpaired) electrons. The Balaban J connectivity index is 1.34. The number of sulfone groups is 1. The van der Waals surface area contributed by atoms with E-state index in [4.69, 9.17) is 0 Å². The van der Waals surface area contributed by atoms with Crippen LogP contribution in [0.2, 0.25) is 0 Å². The van der Waals surface area contributed by atoms with Gasteiger partial charge >= 0.3 is 6.03 Å². The van der Waals surface area contributed by atoms with E-state index in [1.54, 1.807) is 4.90 Å². The number of amides is 2. The van der Waals surface area contributed by atoms with Crippen molar-refractivity contribution in [2.75, 3.05) is 44.2 Å². The topological polar surface area (TPSA) is 69.7 Å². The molecule has 7 heteroatoms. The summed E-state index contributed by atoms with van der Waals surface area (Å²) in [5.41, 5.74) is 1.34. The van der Waals surface area contributed by atoms with Gasteiger partial charge in [-0.3, -0.25) is 4.90 Å². The third-order valence-corrected chi connectivity index (χ3v) is 6.69. The number of hydrogen-bond acceptors (Lipinski definition) is 4. The molecule has 1 atom stereocenters. The Labute approximate surface area is 150 Å². The number of carbonyl (C=O) groups is 1.